The van der Waals surface area contributed by atoms with Gasteiger partial charge in [-0.1, -0.05) is 36.4 Å². The summed E-state index contributed by atoms with van der Waals surface area (Å²) in [7, 11) is 1.70. The Hall–Kier alpha value is -1.34. The lowest BCUT2D eigenvalue weighted by molar-refractivity contribution is 0.186. The largest absolute Gasteiger partial charge is 0.380 e. The number of hydrogen-bond acceptors (Lipinski definition) is 1. The molecule has 0 atom stereocenters. The van der Waals surface area contributed by atoms with E-state index < -0.39 is 0 Å². The van der Waals surface area contributed by atoms with Gasteiger partial charge in [-0.25, -0.2) is 0 Å². The summed E-state index contributed by atoms with van der Waals surface area (Å²) in [5.41, 5.74) is 1.13. The van der Waals surface area contributed by atoms with Crippen LogP contribution in [0.1, 0.15) is 5.56 Å². The van der Waals surface area contributed by atoms with E-state index in [4.69, 9.17) is 4.74 Å². The molecule has 0 saturated heterocycles. The molecule has 1 heteroatoms. The Kier molecular flexibility index (Phi) is 2.28. The highest BCUT2D eigenvalue weighted by molar-refractivity contribution is 5.85. The lowest BCUT2D eigenvalue weighted by Gasteiger charge is -2.03. The van der Waals surface area contributed by atoms with Crippen LogP contribution in [0.25, 0.3) is 10.8 Å². The van der Waals surface area contributed by atoms with E-state index in [2.05, 4.69) is 24.3 Å². The summed E-state index contributed by atoms with van der Waals surface area (Å²) >= 11 is 0. The third-order valence-corrected chi connectivity index (χ3v) is 2.10. The van der Waals surface area contributed by atoms with Gasteiger partial charge in [0.2, 0.25) is 0 Å². The van der Waals surface area contributed by atoms with Gasteiger partial charge in [-0.15, -0.1) is 0 Å². The molecule has 2 aromatic carbocycles. The highest BCUT2D eigenvalue weighted by atomic mass is 16.5. The molecule has 0 aromatic heterocycles. The Bertz CT molecular complexity index is 401. The summed E-state index contributed by atoms with van der Waals surface area (Å²) in [6.45, 7) is 0.626. The molecule has 1 nitrogen and oxygen atoms in total. The van der Waals surface area contributed by atoms with Crippen LogP contribution >= 0.6 is 0 Å². The first-order chi connectivity index (χ1) is 6.42. The van der Waals surface area contributed by atoms with E-state index in [1.165, 1.54) is 10.8 Å². The molecule has 0 aliphatic heterocycles. The van der Waals surface area contributed by atoms with Crippen LogP contribution in [0.3, 0.4) is 0 Å². The zero-order valence-electron chi connectivity index (χ0n) is 7.58. The molecule has 0 amide bonds. The van der Waals surface area contributed by atoms with Gasteiger partial charge in [0.15, 0.2) is 0 Å². The molecule has 2 rings (SSSR count). The third-order valence-electron chi connectivity index (χ3n) is 2.10. The molecule has 0 unspecified atom stereocenters. The SMILES string of the molecule is COCc1[c]ccc2ccccc12. The second-order valence-corrected chi connectivity index (χ2v) is 2.98. The maximum absolute atomic E-state index is 5.10. The highest BCUT2D eigenvalue weighted by Crippen LogP contribution is 2.18. The van der Waals surface area contributed by atoms with Crippen molar-refractivity contribution in [2.75, 3.05) is 7.11 Å². The van der Waals surface area contributed by atoms with Crippen molar-refractivity contribution in [3.8, 4) is 0 Å². The van der Waals surface area contributed by atoms with Crippen molar-refractivity contribution in [3.05, 3.63) is 48.0 Å². The van der Waals surface area contributed by atoms with Gasteiger partial charge in [-0.2, -0.15) is 0 Å². The van der Waals surface area contributed by atoms with Crippen LogP contribution in [-0.2, 0) is 11.3 Å². The lowest BCUT2D eigenvalue weighted by atomic mass is 10.1. The molecule has 65 valence electrons. The second-order valence-electron chi connectivity index (χ2n) is 2.98. The summed E-state index contributed by atoms with van der Waals surface area (Å²) in [6, 6.07) is 15.5. The van der Waals surface area contributed by atoms with Crippen molar-refractivity contribution in [1.29, 1.82) is 0 Å². The van der Waals surface area contributed by atoms with Crippen molar-refractivity contribution >= 4 is 10.8 Å². The first kappa shape index (κ1) is 8.27. The molecule has 0 N–H and O–H groups in total. The standard InChI is InChI=1S/C12H11O/c1-13-9-11-7-4-6-10-5-2-3-8-12(10)11/h2-6,8H,9H2,1H3. The van der Waals surface area contributed by atoms with Gasteiger partial charge in [0, 0.05) is 7.11 Å². The zero-order valence-corrected chi connectivity index (χ0v) is 7.58. The van der Waals surface area contributed by atoms with Crippen molar-refractivity contribution in [3.63, 3.8) is 0 Å². The van der Waals surface area contributed by atoms with Crippen LogP contribution < -0.4 is 0 Å². The molecular weight excluding hydrogens is 160 g/mol. The number of benzene rings is 2. The Labute approximate surface area is 78.0 Å². The van der Waals surface area contributed by atoms with Crippen molar-refractivity contribution in [2.24, 2.45) is 0 Å². The van der Waals surface area contributed by atoms with Gasteiger partial charge in [0.1, 0.15) is 0 Å². The average Bonchev–Trinajstić information content (AvgIpc) is 2.19. The number of hydrogen-bond donors (Lipinski definition) is 0. The Morgan fingerprint density at radius 3 is 2.92 bits per heavy atom. The van der Waals surface area contributed by atoms with Gasteiger partial charge < -0.3 is 4.74 Å². The van der Waals surface area contributed by atoms with Crippen LogP contribution in [0.5, 0.6) is 0 Å². The van der Waals surface area contributed by atoms with Gasteiger partial charge >= 0.3 is 0 Å². The summed E-state index contributed by atoms with van der Waals surface area (Å²) < 4.78 is 5.10. The maximum atomic E-state index is 5.10. The molecule has 1 radical (unpaired) electrons. The number of fused-ring (bicyclic) bond motifs is 1. The van der Waals surface area contributed by atoms with E-state index in [0.29, 0.717) is 6.61 Å². The first-order valence-corrected chi connectivity index (χ1v) is 4.29. The summed E-state index contributed by atoms with van der Waals surface area (Å²) in [6.07, 6.45) is 0. The topological polar surface area (TPSA) is 9.23 Å². The normalized spacial score (nSPS) is 10.5. The van der Waals surface area contributed by atoms with Gasteiger partial charge in [-0.05, 0) is 22.4 Å². The zero-order chi connectivity index (χ0) is 9.10. The van der Waals surface area contributed by atoms with Crippen LogP contribution in [0.15, 0.2) is 36.4 Å². The van der Waals surface area contributed by atoms with Crippen LogP contribution in [0.4, 0.5) is 0 Å². The lowest BCUT2D eigenvalue weighted by Crippen LogP contribution is -1.88. The van der Waals surface area contributed by atoms with Gasteiger partial charge in [0.05, 0.1) is 6.61 Å². The minimum absolute atomic E-state index is 0.626. The van der Waals surface area contributed by atoms with E-state index in [9.17, 15) is 0 Å². The Balaban J connectivity index is 2.61. The van der Waals surface area contributed by atoms with E-state index in [0.717, 1.165) is 5.56 Å². The van der Waals surface area contributed by atoms with Crippen molar-refractivity contribution in [1.82, 2.24) is 0 Å². The molecule has 0 aliphatic carbocycles. The molecule has 2 aromatic rings. The summed E-state index contributed by atoms with van der Waals surface area (Å²) in [5, 5.41) is 2.47. The minimum atomic E-state index is 0.626. The summed E-state index contributed by atoms with van der Waals surface area (Å²) in [4.78, 5) is 0. The average molecular weight is 171 g/mol. The highest BCUT2D eigenvalue weighted by Gasteiger charge is 1.98. The summed E-state index contributed by atoms with van der Waals surface area (Å²) in [5.74, 6) is 0. The van der Waals surface area contributed by atoms with E-state index in [-0.39, 0.29) is 0 Å². The maximum Gasteiger partial charge on any atom is 0.0725 e. The molecule has 0 bridgehead atoms. The van der Waals surface area contributed by atoms with Crippen molar-refractivity contribution in [2.45, 2.75) is 6.61 Å². The van der Waals surface area contributed by atoms with E-state index in [1.807, 2.05) is 18.2 Å². The van der Waals surface area contributed by atoms with Gasteiger partial charge in [0.25, 0.3) is 0 Å². The van der Waals surface area contributed by atoms with E-state index >= 15 is 0 Å². The number of rotatable bonds is 2. The first-order valence-electron chi connectivity index (χ1n) is 4.29. The quantitative estimate of drug-likeness (QED) is 0.675. The molecule has 0 spiro atoms. The predicted octanol–water partition coefficient (Wildman–Crippen LogP) is 2.79. The molecule has 0 aliphatic rings. The van der Waals surface area contributed by atoms with Crippen LogP contribution in [0.2, 0.25) is 0 Å². The fourth-order valence-electron chi connectivity index (χ4n) is 1.49. The predicted molar refractivity (Wildman–Crippen MR) is 53.5 cm³/mol. The van der Waals surface area contributed by atoms with Crippen LogP contribution in [-0.4, -0.2) is 7.11 Å². The number of methoxy groups -OCH3 is 1. The van der Waals surface area contributed by atoms with E-state index in [1.54, 1.807) is 7.11 Å². The molecule has 0 fully saturated rings. The fraction of sp³-hybridized carbons (Fsp3) is 0.167. The monoisotopic (exact) mass is 171 g/mol. The number of ether oxygens (including phenoxy) is 1. The molecular formula is C12H11O. The Morgan fingerprint density at radius 1 is 1.23 bits per heavy atom. The third kappa shape index (κ3) is 1.56. The molecule has 13 heavy (non-hydrogen) atoms. The minimum Gasteiger partial charge on any atom is -0.380 e. The van der Waals surface area contributed by atoms with Crippen molar-refractivity contribution < 1.29 is 4.74 Å². The van der Waals surface area contributed by atoms with Crippen LogP contribution in [0, 0.1) is 6.07 Å². The Morgan fingerprint density at radius 2 is 2.08 bits per heavy atom. The molecule has 0 heterocycles. The van der Waals surface area contributed by atoms with Gasteiger partial charge in [-0.3, -0.25) is 0 Å². The fourth-order valence-corrected chi connectivity index (χ4v) is 1.49. The molecule has 0 saturated carbocycles. The second kappa shape index (κ2) is 3.58. The smallest absolute Gasteiger partial charge is 0.0725 e.